The quantitative estimate of drug-likeness (QED) is 0.318. The van der Waals surface area contributed by atoms with Crippen molar-refractivity contribution in [2.24, 2.45) is 0 Å². The standard InChI is InChI=1S/C23H18Cl2N2O2S/c1-2-29-19-9-6-10-20-21(19)26-23(30-20)27(14-15-7-4-3-5-8-15)22(28)17-13-16(24)11-12-18(17)25/h3-13H,2,14H2,1H3. The summed E-state index contributed by atoms with van der Waals surface area (Å²) in [5.74, 6) is 0.439. The Labute approximate surface area is 188 Å². The van der Waals surface area contributed by atoms with Crippen molar-refractivity contribution < 1.29 is 9.53 Å². The number of fused-ring (bicyclic) bond motifs is 1. The van der Waals surface area contributed by atoms with E-state index in [9.17, 15) is 4.79 Å². The van der Waals surface area contributed by atoms with Crippen LogP contribution >= 0.6 is 34.5 Å². The van der Waals surface area contributed by atoms with E-state index in [0.29, 0.717) is 39.6 Å². The molecule has 0 N–H and O–H groups in total. The number of aromatic nitrogens is 1. The Balaban J connectivity index is 1.81. The highest BCUT2D eigenvalue weighted by Crippen LogP contribution is 2.36. The molecule has 0 saturated heterocycles. The molecule has 0 saturated carbocycles. The van der Waals surface area contributed by atoms with Gasteiger partial charge in [0.05, 0.1) is 28.4 Å². The number of amides is 1. The van der Waals surface area contributed by atoms with Crippen LogP contribution in [-0.2, 0) is 6.54 Å². The van der Waals surface area contributed by atoms with E-state index in [-0.39, 0.29) is 5.91 Å². The molecule has 0 atom stereocenters. The van der Waals surface area contributed by atoms with Crippen LogP contribution in [-0.4, -0.2) is 17.5 Å². The molecule has 0 fully saturated rings. The lowest BCUT2D eigenvalue weighted by molar-refractivity contribution is 0.0985. The van der Waals surface area contributed by atoms with Gasteiger partial charge in [0.25, 0.3) is 5.91 Å². The maximum Gasteiger partial charge on any atom is 0.261 e. The molecule has 0 aliphatic heterocycles. The van der Waals surface area contributed by atoms with Crippen LogP contribution in [0.15, 0.2) is 66.7 Å². The Morgan fingerprint density at radius 1 is 1.07 bits per heavy atom. The normalized spacial score (nSPS) is 10.9. The van der Waals surface area contributed by atoms with Gasteiger partial charge in [-0.2, -0.15) is 0 Å². The molecular formula is C23H18Cl2N2O2S. The number of hydrogen-bond acceptors (Lipinski definition) is 4. The highest BCUT2D eigenvalue weighted by atomic mass is 35.5. The smallest absolute Gasteiger partial charge is 0.261 e. The lowest BCUT2D eigenvalue weighted by atomic mass is 10.1. The second kappa shape index (κ2) is 9.04. The number of ether oxygens (including phenoxy) is 1. The first-order valence-corrected chi connectivity index (χ1v) is 11.0. The molecule has 7 heteroatoms. The molecular weight excluding hydrogens is 439 g/mol. The van der Waals surface area contributed by atoms with Crippen molar-refractivity contribution in [3.8, 4) is 5.75 Å². The van der Waals surface area contributed by atoms with Gasteiger partial charge in [0.1, 0.15) is 11.3 Å². The van der Waals surface area contributed by atoms with Crippen LogP contribution in [0.3, 0.4) is 0 Å². The van der Waals surface area contributed by atoms with Crippen LogP contribution in [0, 0.1) is 0 Å². The molecule has 0 radical (unpaired) electrons. The highest BCUT2D eigenvalue weighted by molar-refractivity contribution is 7.22. The summed E-state index contributed by atoms with van der Waals surface area (Å²) < 4.78 is 6.66. The first kappa shape index (κ1) is 20.7. The number of hydrogen-bond donors (Lipinski definition) is 0. The molecule has 0 unspecified atom stereocenters. The third-order valence-electron chi connectivity index (χ3n) is 4.49. The third-order valence-corrected chi connectivity index (χ3v) is 6.10. The van der Waals surface area contributed by atoms with Gasteiger partial charge in [0, 0.05) is 5.02 Å². The number of rotatable bonds is 6. The average molecular weight is 457 g/mol. The fourth-order valence-corrected chi connectivity index (χ4v) is 4.45. The molecule has 3 aromatic carbocycles. The zero-order chi connectivity index (χ0) is 21.1. The number of benzene rings is 3. The number of halogens is 2. The predicted octanol–water partition coefficient (Wildman–Crippen LogP) is 6.85. The lowest BCUT2D eigenvalue weighted by Gasteiger charge is -2.21. The summed E-state index contributed by atoms with van der Waals surface area (Å²) in [6.45, 7) is 2.82. The second-order valence-corrected chi connectivity index (χ2v) is 8.39. The maximum atomic E-state index is 13.5. The lowest BCUT2D eigenvalue weighted by Crippen LogP contribution is -2.30. The van der Waals surface area contributed by atoms with Crippen molar-refractivity contribution in [3.05, 3.63) is 87.9 Å². The molecule has 152 valence electrons. The monoisotopic (exact) mass is 456 g/mol. The Morgan fingerprint density at radius 3 is 2.63 bits per heavy atom. The summed E-state index contributed by atoms with van der Waals surface area (Å²) in [6.07, 6.45) is 0. The van der Waals surface area contributed by atoms with Crippen LogP contribution in [0.5, 0.6) is 5.75 Å². The summed E-state index contributed by atoms with van der Waals surface area (Å²) in [7, 11) is 0. The van der Waals surface area contributed by atoms with Gasteiger partial charge in [-0.25, -0.2) is 4.98 Å². The summed E-state index contributed by atoms with van der Waals surface area (Å²) in [4.78, 5) is 19.9. The molecule has 1 amide bonds. The Hall–Kier alpha value is -2.60. The van der Waals surface area contributed by atoms with E-state index in [1.54, 1.807) is 23.1 Å². The Morgan fingerprint density at radius 2 is 1.87 bits per heavy atom. The molecule has 0 aliphatic rings. The van der Waals surface area contributed by atoms with Gasteiger partial charge in [-0.1, -0.05) is 70.9 Å². The molecule has 4 aromatic rings. The maximum absolute atomic E-state index is 13.5. The van der Waals surface area contributed by atoms with Gasteiger partial charge in [0.15, 0.2) is 5.13 Å². The second-order valence-electron chi connectivity index (χ2n) is 6.53. The van der Waals surface area contributed by atoms with E-state index in [1.165, 1.54) is 11.3 Å². The summed E-state index contributed by atoms with van der Waals surface area (Å²) in [6, 6.07) is 20.4. The van der Waals surface area contributed by atoms with Gasteiger partial charge in [-0.3, -0.25) is 9.69 Å². The molecule has 4 nitrogen and oxygen atoms in total. The minimum absolute atomic E-state index is 0.261. The zero-order valence-corrected chi connectivity index (χ0v) is 18.5. The van der Waals surface area contributed by atoms with Gasteiger partial charge >= 0.3 is 0 Å². The van der Waals surface area contributed by atoms with Gasteiger partial charge in [0.2, 0.25) is 0 Å². The Bertz CT molecular complexity index is 1190. The van der Waals surface area contributed by atoms with Gasteiger partial charge < -0.3 is 4.74 Å². The fraction of sp³-hybridized carbons (Fsp3) is 0.130. The molecule has 0 spiro atoms. The van der Waals surface area contributed by atoms with E-state index in [4.69, 9.17) is 32.9 Å². The van der Waals surface area contributed by atoms with Crippen LogP contribution in [0.4, 0.5) is 5.13 Å². The minimum atomic E-state index is -0.261. The van der Waals surface area contributed by atoms with E-state index >= 15 is 0 Å². The largest absolute Gasteiger partial charge is 0.492 e. The molecule has 0 bridgehead atoms. The van der Waals surface area contributed by atoms with Crippen molar-refractivity contribution in [2.45, 2.75) is 13.5 Å². The zero-order valence-electron chi connectivity index (χ0n) is 16.1. The van der Waals surface area contributed by atoms with Crippen LogP contribution in [0.1, 0.15) is 22.8 Å². The van der Waals surface area contributed by atoms with Crippen molar-refractivity contribution in [3.63, 3.8) is 0 Å². The molecule has 1 heterocycles. The summed E-state index contributed by atoms with van der Waals surface area (Å²) in [5, 5.41) is 1.37. The number of nitrogens with zero attached hydrogens (tertiary/aromatic N) is 2. The van der Waals surface area contributed by atoms with Gasteiger partial charge in [-0.15, -0.1) is 0 Å². The number of para-hydroxylation sites is 1. The van der Waals surface area contributed by atoms with Gasteiger partial charge in [-0.05, 0) is 42.8 Å². The molecule has 4 rings (SSSR count). The van der Waals surface area contributed by atoms with Crippen molar-refractivity contribution in [1.29, 1.82) is 0 Å². The van der Waals surface area contributed by atoms with Crippen LogP contribution in [0.25, 0.3) is 10.2 Å². The fourth-order valence-electron chi connectivity index (χ4n) is 3.10. The Kier molecular flexibility index (Phi) is 6.23. The van der Waals surface area contributed by atoms with E-state index in [2.05, 4.69) is 0 Å². The summed E-state index contributed by atoms with van der Waals surface area (Å²) >= 11 is 13.9. The van der Waals surface area contributed by atoms with E-state index in [0.717, 1.165) is 15.8 Å². The molecule has 1 aromatic heterocycles. The van der Waals surface area contributed by atoms with E-state index in [1.807, 2.05) is 55.5 Å². The first-order chi connectivity index (χ1) is 14.6. The number of anilines is 1. The number of carbonyl (C=O) groups excluding carboxylic acids is 1. The molecule has 30 heavy (non-hydrogen) atoms. The SMILES string of the molecule is CCOc1cccc2sc(N(Cc3ccccc3)C(=O)c3cc(Cl)ccc3Cl)nc12. The van der Waals surface area contributed by atoms with Crippen LogP contribution in [0.2, 0.25) is 10.0 Å². The van der Waals surface area contributed by atoms with Crippen molar-refractivity contribution in [2.75, 3.05) is 11.5 Å². The highest BCUT2D eigenvalue weighted by Gasteiger charge is 2.24. The van der Waals surface area contributed by atoms with Crippen molar-refractivity contribution >= 4 is 55.8 Å². The van der Waals surface area contributed by atoms with Crippen LogP contribution < -0.4 is 9.64 Å². The summed E-state index contributed by atoms with van der Waals surface area (Å²) in [5.41, 5.74) is 2.06. The minimum Gasteiger partial charge on any atom is -0.492 e. The molecule has 0 aliphatic carbocycles. The predicted molar refractivity (Wildman–Crippen MR) is 124 cm³/mol. The topological polar surface area (TPSA) is 42.4 Å². The third kappa shape index (κ3) is 4.29. The first-order valence-electron chi connectivity index (χ1n) is 9.40. The number of carbonyl (C=O) groups is 1. The van der Waals surface area contributed by atoms with E-state index < -0.39 is 0 Å². The van der Waals surface area contributed by atoms with Crippen molar-refractivity contribution in [1.82, 2.24) is 4.98 Å². The average Bonchev–Trinajstić information content (AvgIpc) is 3.19. The number of thiazole rings is 1.